The Kier molecular flexibility index (Phi) is 7.51. The number of pyridine rings is 1. The summed E-state index contributed by atoms with van der Waals surface area (Å²) >= 11 is 1.40. The number of thiophene rings is 1. The van der Waals surface area contributed by atoms with E-state index in [0.29, 0.717) is 11.3 Å². The lowest BCUT2D eigenvalue weighted by molar-refractivity contribution is -0.146. The molecule has 2 aromatic heterocycles. The van der Waals surface area contributed by atoms with E-state index in [1.807, 2.05) is 17.5 Å². The zero-order chi connectivity index (χ0) is 24.2. The van der Waals surface area contributed by atoms with Crippen LogP contribution >= 0.6 is 19.4 Å². The van der Waals surface area contributed by atoms with Crippen molar-refractivity contribution in [3.63, 3.8) is 0 Å². The molecule has 1 aromatic carbocycles. The van der Waals surface area contributed by atoms with Gasteiger partial charge < -0.3 is 15.1 Å². The van der Waals surface area contributed by atoms with Crippen LogP contribution in [0.25, 0.3) is 10.6 Å². The Labute approximate surface area is 195 Å². The first kappa shape index (κ1) is 24.8. The number of nitrogens with zero attached hydrogens (tertiary/aromatic N) is 1. The summed E-state index contributed by atoms with van der Waals surface area (Å²) in [7, 11) is -4.01. The van der Waals surface area contributed by atoms with Crippen molar-refractivity contribution in [2.24, 2.45) is 5.92 Å². The molecule has 3 aromatic rings. The van der Waals surface area contributed by atoms with Gasteiger partial charge >= 0.3 is 5.97 Å². The number of aliphatic hydroxyl groups is 1. The highest BCUT2D eigenvalue weighted by Crippen LogP contribution is 2.50. The van der Waals surface area contributed by atoms with Crippen LogP contribution in [0.4, 0.5) is 4.39 Å². The quantitative estimate of drug-likeness (QED) is 0.338. The number of aromatic nitrogens is 1. The van der Waals surface area contributed by atoms with Gasteiger partial charge in [0.05, 0.1) is 16.3 Å². The monoisotopic (exact) mass is 487 g/mol. The number of benzene rings is 1. The van der Waals surface area contributed by atoms with E-state index in [1.54, 1.807) is 26.0 Å². The first-order valence-corrected chi connectivity index (χ1v) is 12.3. The Morgan fingerprint density at radius 2 is 1.88 bits per heavy atom. The maximum absolute atomic E-state index is 13.5. The Bertz CT molecular complexity index is 1200. The number of hydrogen-bond acceptors (Lipinski definition) is 5. The number of halogens is 1. The topological polar surface area (TPSA) is 108 Å². The molecule has 0 saturated carbocycles. The standard InChI is InChI=1S/C24H23FNO5PS/c1-16(2)12-13-24(22(27)28,32(30)31)23(29,15-17-8-10-18(25)11-9-17)21-7-3-5-19(26-21)20-6-4-14-33-20/h3-11,14,16,29,32H,15H2,1-2H3,(H,27,28)(H,30,31). The number of carboxylic acids is 1. The van der Waals surface area contributed by atoms with Crippen molar-refractivity contribution >= 4 is 25.3 Å². The molecule has 3 N–H and O–H groups in total. The fraction of sp³-hybridized carbons (Fsp3) is 0.250. The van der Waals surface area contributed by atoms with Crippen molar-refractivity contribution in [3.8, 4) is 22.4 Å². The molecule has 9 heteroatoms. The van der Waals surface area contributed by atoms with Crippen LogP contribution in [-0.4, -0.2) is 31.2 Å². The van der Waals surface area contributed by atoms with Gasteiger partial charge in [-0.05, 0) is 41.3 Å². The summed E-state index contributed by atoms with van der Waals surface area (Å²) in [4.78, 5) is 28.2. The summed E-state index contributed by atoms with van der Waals surface area (Å²) in [5, 5.41) is 21.3. The second-order valence-electron chi connectivity index (χ2n) is 7.83. The minimum Gasteiger partial charge on any atom is -0.480 e. The number of aliphatic carboxylic acids is 1. The van der Waals surface area contributed by atoms with Crippen LogP contribution in [0.1, 0.15) is 25.1 Å². The van der Waals surface area contributed by atoms with Gasteiger partial charge in [-0.3, -0.25) is 4.57 Å². The van der Waals surface area contributed by atoms with Gasteiger partial charge in [0.1, 0.15) is 11.4 Å². The van der Waals surface area contributed by atoms with Gasteiger partial charge in [-0.1, -0.05) is 50.0 Å². The third-order valence-electron chi connectivity index (χ3n) is 5.13. The maximum atomic E-state index is 13.5. The van der Waals surface area contributed by atoms with Crippen molar-refractivity contribution in [3.05, 3.63) is 77.1 Å². The average molecular weight is 487 g/mol. The van der Waals surface area contributed by atoms with Crippen molar-refractivity contribution in [1.29, 1.82) is 0 Å². The Morgan fingerprint density at radius 1 is 1.18 bits per heavy atom. The Balaban J connectivity index is 2.32. The summed E-state index contributed by atoms with van der Waals surface area (Å²) in [5.74, 6) is 2.50. The van der Waals surface area contributed by atoms with Gasteiger partial charge in [-0.15, -0.1) is 11.3 Å². The van der Waals surface area contributed by atoms with Crippen molar-refractivity contribution in [2.75, 3.05) is 0 Å². The molecule has 0 radical (unpaired) electrons. The van der Waals surface area contributed by atoms with Crippen LogP contribution in [0.2, 0.25) is 0 Å². The van der Waals surface area contributed by atoms with Crippen LogP contribution in [0.5, 0.6) is 0 Å². The third kappa shape index (κ3) is 4.92. The zero-order valence-electron chi connectivity index (χ0n) is 17.9. The first-order valence-electron chi connectivity index (χ1n) is 10.1. The first-order chi connectivity index (χ1) is 15.6. The molecule has 33 heavy (non-hydrogen) atoms. The van der Waals surface area contributed by atoms with Gasteiger partial charge in [-0.25, -0.2) is 14.2 Å². The van der Waals surface area contributed by atoms with E-state index in [9.17, 15) is 28.9 Å². The summed E-state index contributed by atoms with van der Waals surface area (Å²) < 4.78 is 26.2. The SMILES string of the molecule is CC(C)C#CC(C(=O)O)([PH](=O)O)C(O)(Cc1ccc(F)cc1)c1cccc(-c2cccs2)n1. The second kappa shape index (κ2) is 9.98. The van der Waals surface area contributed by atoms with Gasteiger partial charge in [0.25, 0.3) is 0 Å². The summed E-state index contributed by atoms with van der Waals surface area (Å²) in [6.45, 7) is 3.39. The molecule has 2 heterocycles. The van der Waals surface area contributed by atoms with Gasteiger partial charge in [0.2, 0.25) is 13.2 Å². The molecule has 0 amide bonds. The van der Waals surface area contributed by atoms with Gasteiger partial charge in [0.15, 0.2) is 0 Å². The fourth-order valence-corrected chi connectivity index (χ4v) is 5.08. The van der Waals surface area contributed by atoms with Crippen LogP contribution in [0, 0.1) is 23.6 Å². The molecule has 0 saturated heterocycles. The van der Waals surface area contributed by atoms with Crippen LogP contribution in [-0.2, 0) is 21.4 Å². The maximum Gasteiger partial charge on any atom is 0.335 e. The fourth-order valence-electron chi connectivity index (χ4n) is 3.45. The van der Waals surface area contributed by atoms with E-state index < -0.39 is 37.0 Å². The number of carbonyl (C=O) groups is 1. The molecule has 0 bridgehead atoms. The molecule has 3 unspecified atom stereocenters. The minimum atomic E-state index is -4.01. The highest BCUT2D eigenvalue weighted by Gasteiger charge is 2.61. The molecule has 0 spiro atoms. The van der Waals surface area contributed by atoms with E-state index in [0.717, 1.165) is 17.0 Å². The van der Waals surface area contributed by atoms with Crippen molar-refractivity contribution in [2.45, 2.75) is 31.0 Å². The largest absolute Gasteiger partial charge is 0.480 e. The molecule has 0 aliphatic heterocycles. The number of carboxylic acid groups (broad SMARTS) is 1. The number of rotatable bonds is 7. The average Bonchev–Trinajstić information content (AvgIpc) is 3.30. The summed E-state index contributed by atoms with van der Waals surface area (Å²) in [6, 6.07) is 13.4. The highest BCUT2D eigenvalue weighted by molar-refractivity contribution is 7.42. The van der Waals surface area contributed by atoms with Crippen molar-refractivity contribution in [1.82, 2.24) is 4.98 Å². The Hall–Kier alpha value is -2.82. The van der Waals surface area contributed by atoms with E-state index in [2.05, 4.69) is 16.8 Å². The van der Waals surface area contributed by atoms with E-state index >= 15 is 0 Å². The Morgan fingerprint density at radius 3 is 2.42 bits per heavy atom. The lowest BCUT2D eigenvalue weighted by Gasteiger charge is -2.39. The molecular weight excluding hydrogens is 464 g/mol. The van der Waals surface area contributed by atoms with Gasteiger partial charge in [-0.2, -0.15) is 0 Å². The molecule has 0 aliphatic rings. The number of hydrogen-bond donors (Lipinski definition) is 3. The van der Waals surface area contributed by atoms with Crippen LogP contribution < -0.4 is 0 Å². The minimum absolute atomic E-state index is 0.120. The van der Waals surface area contributed by atoms with E-state index in [1.165, 1.54) is 29.5 Å². The van der Waals surface area contributed by atoms with E-state index in [-0.39, 0.29) is 11.6 Å². The molecule has 0 fully saturated rings. The van der Waals surface area contributed by atoms with Crippen LogP contribution in [0.15, 0.2) is 60.0 Å². The van der Waals surface area contributed by atoms with E-state index in [4.69, 9.17) is 0 Å². The molecule has 0 aliphatic carbocycles. The lowest BCUT2D eigenvalue weighted by Crippen LogP contribution is -2.55. The summed E-state index contributed by atoms with van der Waals surface area (Å²) in [6.07, 6.45) is -0.426. The molecular formula is C24H23FNO5PS. The summed E-state index contributed by atoms with van der Waals surface area (Å²) in [5.41, 5.74) is -1.81. The van der Waals surface area contributed by atoms with Crippen molar-refractivity contribution < 1.29 is 28.9 Å². The molecule has 172 valence electrons. The predicted octanol–water partition coefficient (Wildman–Crippen LogP) is 4.33. The second-order valence-corrected chi connectivity index (χ2v) is 10.1. The molecule has 3 rings (SSSR count). The molecule has 3 atom stereocenters. The molecule has 6 nitrogen and oxygen atoms in total. The third-order valence-corrected chi connectivity index (χ3v) is 7.42. The van der Waals surface area contributed by atoms with Gasteiger partial charge in [0, 0.05) is 12.3 Å². The van der Waals surface area contributed by atoms with Crippen LogP contribution in [0.3, 0.4) is 0 Å². The predicted molar refractivity (Wildman–Crippen MR) is 126 cm³/mol. The normalized spacial score (nSPS) is 15.7. The highest BCUT2D eigenvalue weighted by atomic mass is 32.1. The smallest absolute Gasteiger partial charge is 0.335 e. The lowest BCUT2D eigenvalue weighted by atomic mass is 9.78. The zero-order valence-corrected chi connectivity index (χ0v) is 19.8.